The molecule has 0 unspecified atom stereocenters. The lowest BCUT2D eigenvalue weighted by molar-refractivity contribution is -0.130. The van der Waals surface area contributed by atoms with Crippen LogP contribution < -0.4 is 20.3 Å². The molecule has 0 radical (unpaired) electrons. The third-order valence-electron chi connectivity index (χ3n) is 3.37. The smallest absolute Gasteiger partial charge is 0.276 e. The number of amides is 2. The van der Waals surface area contributed by atoms with E-state index in [4.69, 9.17) is 4.74 Å². The maximum absolute atomic E-state index is 13.4. The van der Waals surface area contributed by atoms with E-state index >= 15 is 0 Å². The van der Waals surface area contributed by atoms with Gasteiger partial charge in [0.25, 0.3) is 11.8 Å². The molecular formula is C17H17F2N3O5S. The fraction of sp³-hybridized carbons (Fsp3) is 0.176. The van der Waals surface area contributed by atoms with Crippen LogP contribution in [0.25, 0.3) is 0 Å². The third kappa shape index (κ3) is 5.99. The molecule has 28 heavy (non-hydrogen) atoms. The summed E-state index contributed by atoms with van der Waals surface area (Å²) in [7, 11) is -4.07. The number of para-hydroxylation sites is 1. The van der Waals surface area contributed by atoms with Crippen LogP contribution in [0.3, 0.4) is 0 Å². The summed E-state index contributed by atoms with van der Waals surface area (Å²) in [4.78, 5) is 23.3. The molecule has 8 nitrogen and oxygen atoms in total. The van der Waals surface area contributed by atoms with Gasteiger partial charge in [-0.2, -0.15) is 4.72 Å². The molecule has 2 rings (SSSR count). The zero-order valence-electron chi connectivity index (χ0n) is 14.6. The summed E-state index contributed by atoms with van der Waals surface area (Å²) < 4.78 is 57.6. The minimum absolute atomic E-state index is 0.135. The van der Waals surface area contributed by atoms with Gasteiger partial charge < -0.3 is 4.74 Å². The van der Waals surface area contributed by atoms with Crippen LogP contribution >= 0.6 is 0 Å². The van der Waals surface area contributed by atoms with Crippen LogP contribution in [-0.2, 0) is 19.6 Å². The minimum atomic E-state index is -4.07. The number of sulfonamides is 1. The summed E-state index contributed by atoms with van der Waals surface area (Å²) in [6, 6.07) is 8.24. The van der Waals surface area contributed by atoms with Crippen LogP contribution in [0.15, 0.2) is 53.4 Å². The van der Waals surface area contributed by atoms with E-state index in [1.54, 1.807) is 0 Å². The van der Waals surface area contributed by atoms with Gasteiger partial charge in [-0.1, -0.05) is 12.1 Å². The molecule has 0 saturated carbocycles. The van der Waals surface area contributed by atoms with Gasteiger partial charge in [-0.05, 0) is 43.3 Å². The molecule has 0 heterocycles. The Morgan fingerprint density at radius 2 is 1.68 bits per heavy atom. The molecule has 2 amide bonds. The van der Waals surface area contributed by atoms with Crippen LogP contribution in [0.1, 0.15) is 6.92 Å². The van der Waals surface area contributed by atoms with E-state index in [0.29, 0.717) is 0 Å². The van der Waals surface area contributed by atoms with Gasteiger partial charge in [0.15, 0.2) is 18.2 Å². The van der Waals surface area contributed by atoms with Crippen molar-refractivity contribution < 1.29 is 31.5 Å². The maximum atomic E-state index is 13.4. The summed E-state index contributed by atoms with van der Waals surface area (Å²) in [6.45, 7) is 0.676. The van der Waals surface area contributed by atoms with Crippen molar-refractivity contribution in [3.8, 4) is 5.75 Å². The van der Waals surface area contributed by atoms with Crippen molar-refractivity contribution in [3.63, 3.8) is 0 Å². The second-order valence-electron chi connectivity index (χ2n) is 5.55. The topological polar surface area (TPSA) is 114 Å². The van der Waals surface area contributed by atoms with Gasteiger partial charge >= 0.3 is 0 Å². The Morgan fingerprint density at radius 1 is 1.04 bits per heavy atom. The lowest BCUT2D eigenvalue weighted by Crippen LogP contribution is -2.51. The highest BCUT2D eigenvalue weighted by atomic mass is 32.2. The van der Waals surface area contributed by atoms with Crippen LogP contribution in [0.5, 0.6) is 5.75 Å². The molecule has 0 spiro atoms. The van der Waals surface area contributed by atoms with Gasteiger partial charge in [0.2, 0.25) is 10.0 Å². The molecule has 0 aliphatic heterocycles. The standard InChI is InChI=1S/C17H17F2N3O5S/c1-11(22-28(25,26)13-8-6-12(18)7-9-13)17(24)21-20-16(23)10-27-15-5-3-2-4-14(15)19/h2-9,11,22H,10H2,1H3,(H,20,23)(H,21,24)/t11-/m0/s1. The number of nitrogens with one attached hydrogen (secondary N) is 3. The third-order valence-corrected chi connectivity index (χ3v) is 4.93. The van der Waals surface area contributed by atoms with Crippen LogP contribution in [0.2, 0.25) is 0 Å². The normalized spacial score (nSPS) is 12.1. The minimum Gasteiger partial charge on any atom is -0.481 e. The molecule has 2 aromatic rings. The lowest BCUT2D eigenvalue weighted by atomic mass is 10.3. The zero-order valence-corrected chi connectivity index (χ0v) is 15.4. The summed E-state index contributed by atoms with van der Waals surface area (Å²) in [5.41, 5.74) is 4.03. The predicted molar refractivity (Wildman–Crippen MR) is 94.4 cm³/mol. The van der Waals surface area contributed by atoms with E-state index in [9.17, 15) is 26.8 Å². The van der Waals surface area contributed by atoms with E-state index in [1.807, 2.05) is 10.9 Å². The molecule has 11 heteroatoms. The molecule has 1 atom stereocenters. The van der Waals surface area contributed by atoms with E-state index in [1.165, 1.54) is 25.1 Å². The lowest BCUT2D eigenvalue weighted by Gasteiger charge is -2.15. The summed E-state index contributed by atoms with van der Waals surface area (Å²) in [6.07, 6.45) is 0. The van der Waals surface area contributed by atoms with Crippen molar-refractivity contribution in [2.24, 2.45) is 0 Å². The highest BCUT2D eigenvalue weighted by molar-refractivity contribution is 7.89. The van der Waals surface area contributed by atoms with Crippen LogP contribution in [-0.4, -0.2) is 32.9 Å². The van der Waals surface area contributed by atoms with Crippen LogP contribution in [0.4, 0.5) is 8.78 Å². The van der Waals surface area contributed by atoms with Crippen molar-refractivity contribution in [2.75, 3.05) is 6.61 Å². The first-order valence-corrected chi connectivity index (χ1v) is 9.41. The number of halogens is 2. The molecule has 150 valence electrons. The molecule has 0 bridgehead atoms. The molecule has 0 saturated heterocycles. The van der Waals surface area contributed by atoms with Crippen molar-refractivity contribution in [2.45, 2.75) is 17.9 Å². The largest absolute Gasteiger partial charge is 0.481 e. The number of hydrogen-bond donors (Lipinski definition) is 3. The second kappa shape index (κ2) is 9.24. The van der Waals surface area contributed by atoms with Gasteiger partial charge in [0.1, 0.15) is 5.82 Å². The quantitative estimate of drug-likeness (QED) is 0.583. The number of carbonyl (C=O) groups excluding carboxylic acids is 2. The van der Waals surface area contributed by atoms with Crippen molar-refractivity contribution in [1.82, 2.24) is 15.6 Å². The Labute approximate surface area is 159 Å². The fourth-order valence-corrected chi connectivity index (χ4v) is 3.15. The number of rotatable bonds is 7. The Balaban J connectivity index is 1.82. The molecular weight excluding hydrogens is 396 g/mol. The molecule has 0 aliphatic carbocycles. The van der Waals surface area contributed by atoms with Gasteiger partial charge in [-0.15, -0.1) is 0 Å². The summed E-state index contributed by atoms with van der Waals surface area (Å²) in [5.74, 6) is -3.03. The highest BCUT2D eigenvalue weighted by Crippen LogP contribution is 2.14. The van der Waals surface area contributed by atoms with E-state index in [-0.39, 0.29) is 10.6 Å². The average molecular weight is 413 g/mol. The summed E-state index contributed by atoms with van der Waals surface area (Å²) in [5, 5.41) is 0. The number of hydrazine groups is 1. The van der Waals surface area contributed by atoms with E-state index < -0.39 is 46.1 Å². The monoisotopic (exact) mass is 413 g/mol. The van der Waals surface area contributed by atoms with Crippen molar-refractivity contribution >= 4 is 21.8 Å². The first-order valence-electron chi connectivity index (χ1n) is 7.93. The molecule has 0 fully saturated rings. The van der Waals surface area contributed by atoms with E-state index in [0.717, 1.165) is 30.3 Å². The van der Waals surface area contributed by atoms with Crippen molar-refractivity contribution in [3.05, 3.63) is 60.2 Å². The average Bonchev–Trinajstić information content (AvgIpc) is 2.65. The van der Waals surface area contributed by atoms with Gasteiger partial charge in [0.05, 0.1) is 10.9 Å². The Hall–Kier alpha value is -3.05. The number of hydrogen-bond acceptors (Lipinski definition) is 5. The molecule has 0 aromatic heterocycles. The number of carbonyl (C=O) groups is 2. The highest BCUT2D eigenvalue weighted by Gasteiger charge is 2.22. The van der Waals surface area contributed by atoms with Crippen LogP contribution in [0, 0.1) is 11.6 Å². The zero-order chi connectivity index (χ0) is 20.7. The SMILES string of the molecule is C[C@H](NS(=O)(=O)c1ccc(F)cc1)C(=O)NNC(=O)COc1ccccc1F. The first-order chi connectivity index (χ1) is 13.2. The number of ether oxygens (including phenoxy) is 1. The fourth-order valence-electron chi connectivity index (χ4n) is 1.95. The Kier molecular flexibility index (Phi) is 7.01. The van der Waals surface area contributed by atoms with Gasteiger partial charge in [-0.25, -0.2) is 17.2 Å². The Bertz CT molecular complexity index is 952. The second-order valence-corrected chi connectivity index (χ2v) is 7.27. The van der Waals surface area contributed by atoms with Crippen molar-refractivity contribution in [1.29, 1.82) is 0 Å². The summed E-state index contributed by atoms with van der Waals surface area (Å²) >= 11 is 0. The van der Waals surface area contributed by atoms with Gasteiger partial charge in [-0.3, -0.25) is 20.4 Å². The molecule has 2 aromatic carbocycles. The maximum Gasteiger partial charge on any atom is 0.276 e. The molecule has 3 N–H and O–H groups in total. The first kappa shape index (κ1) is 21.3. The van der Waals surface area contributed by atoms with E-state index in [2.05, 4.69) is 4.72 Å². The number of benzene rings is 2. The Morgan fingerprint density at radius 3 is 2.32 bits per heavy atom. The van der Waals surface area contributed by atoms with Gasteiger partial charge in [0, 0.05) is 0 Å². The molecule has 0 aliphatic rings. The predicted octanol–water partition coefficient (Wildman–Crippen LogP) is 0.858.